The number of imidazole rings is 1. The van der Waals surface area contributed by atoms with Gasteiger partial charge in [0, 0.05) is 11.8 Å². The fraction of sp³-hybridized carbons (Fsp3) is 0.143. The lowest BCUT2D eigenvalue weighted by molar-refractivity contribution is 0.355. The van der Waals surface area contributed by atoms with Crippen LogP contribution < -0.4 is 9.47 Å². The average Bonchev–Trinajstić information content (AvgIpc) is 2.90. The average molecular weight is 328 g/mol. The Morgan fingerprint density at radius 1 is 1.00 bits per heavy atom. The topological polar surface area (TPSA) is 60.0 Å². The van der Waals surface area contributed by atoms with E-state index in [0.29, 0.717) is 11.5 Å². The minimum absolute atomic E-state index is 0. The standard InChI is InChI=1S/C14H13N3O2.2ClH/c1-18-12-4-3-9(7-13(12)19-2)14-16-10-5-6-15-8-11(10)17-14;;/h3-8H,1-2H3,(H,16,17);2*1H. The van der Waals surface area contributed by atoms with Gasteiger partial charge in [-0.05, 0) is 24.3 Å². The lowest BCUT2D eigenvalue weighted by Gasteiger charge is -2.08. The summed E-state index contributed by atoms with van der Waals surface area (Å²) >= 11 is 0. The van der Waals surface area contributed by atoms with Gasteiger partial charge in [0.1, 0.15) is 5.82 Å². The van der Waals surface area contributed by atoms with Crippen LogP contribution in [0.15, 0.2) is 36.7 Å². The molecule has 0 bridgehead atoms. The van der Waals surface area contributed by atoms with Crippen LogP contribution >= 0.6 is 24.8 Å². The summed E-state index contributed by atoms with van der Waals surface area (Å²) < 4.78 is 10.5. The first kappa shape index (κ1) is 17.1. The number of benzene rings is 1. The number of hydrogen-bond acceptors (Lipinski definition) is 4. The summed E-state index contributed by atoms with van der Waals surface area (Å²) in [5.74, 6) is 2.16. The molecule has 21 heavy (non-hydrogen) atoms. The fourth-order valence-electron chi connectivity index (χ4n) is 1.98. The van der Waals surface area contributed by atoms with Crippen molar-refractivity contribution in [3.8, 4) is 22.9 Å². The van der Waals surface area contributed by atoms with E-state index < -0.39 is 0 Å². The largest absolute Gasteiger partial charge is 0.493 e. The van der Waals surface area contributed by atoms with Gasteiger partial charge in [0.2, 0.25) is 0 Å². The predicted octanol–water partition coefficient (Wildman–Crippen LogP) is 3.49. The zero-order chi connectivity index (χ0) is 13.2. The van der Waals surface area contributed by atoms with E-state index in [1.54, 1.807) is 26.6 Å². The molecular weight excluding hydrogens is 313 g/mol. The Bertz CT molecular complexity index is 698. The molecule has 0 saturated carbocycles. The van der Waals surface area contributed by atoms with Gasteiger partial charge in [0.15, 0.2) is 11.5 Å². The molecule has 2 heterocycles. The quantitative estimate of drug-likeness (QED) is 0.800. The van der Waals surface area contributed by atoms with Crippen LogP contribution in [0.25, 0.3) is 22.4 Å². The van der Waals surface area contributed by atoms with Crippen molar-refractivity contribution < 1.29 is 9.47 Å². The summed E-state index contributed by atoms with van der Waals surface area (Å²) in [6, 6.07) is 7.56. The number of nitrogens with one attached hydrogen (secondary N) is 1. The number of ether oxygens (including phenoxy) is 2. The monoisotopic (exact) mass is 327 g/mol. The van der Waals surface area contributed by atoms with Crippen molar-refractivity contribution in [2.45, 2.75) is 0 Å². The molecular formula is C14H15Cl2N3O2. The van der Waals surface area contributed by atoms with E-state index in [1.807, 2.05) is 24.3 Å². The Balaban J connectivity index is 0.00000110. The minimum atomic E-state index is 0. The normalized spacial score (nSPS) is 9.62. The van der Waals surface area contributed by atoms with Crippen molar-refractivity contribution in [1.29, 1.82) is 0 Å². The number of rotatable bonds is 3. The smallest absolute Gasteiger partial charge is 0.161 e. The summed E-state index contributed by atoms with van der Waals surface area (Å²) in [5.41, 5.74) is 2.74. The molecule has 2 aromatic heterocycles. The third kappa shape index (κ3) is 3.20. The van der Waals surface area contributed by atoms with Gasteiger partial charge in [-0.2, -0.15) is 0 Å². The van der Waals surface area contributed by atoms with E-state index in [-0.39, 0.29) is 24.8 Å². The summed E-state index contributed by atoms with van der Waals surface area (Å²) in [5, 5.41) is 0. The van der Waals surface area contributed by atoms with Gasteiger partial charge in [-0.25, -0.2) is 4.98 Å². The SMILES string of the molecule is COc1ccc(-c2nc3ccncc3[nH]2)cc1OC.Cl.Cl. The summed E-state index contributed by atoms with van der Waals surface area (Å²) in [4.78, 5) is 11.8. The zero-order valence-electron chi connectivity index (χ0n) is 11.5. The highest BCUT2D eigenvalue weighted by molar-refractivity contribution is 5.85. The van der Waals surface area contributed by atoms with Gasteiger partial charge in [-0.3, -0.25) is 4.98 Å². The van der Waals surface area contributed by atoms with Crippen LogP contribution in [-0.2, 0) is 0 Å². The first-order chi connectivity index (χ1) is 9.31. The second-order valence-corrected chi connectivity index (χ2v) is 4.05. The molecule has 0 radical (unpaired) electrons. The third-order valence-corrected chi connectivity index (χ3v) is 2.94. The van der Waals surface area contributed by atoms with Gasteiger partial charge in [-0.1, -0.05) is 0 Å². The van der Waals surface area contributed by atoms with Crippen LogP contribution in [0.1, 0.15) is 0 Å². The first-order valence-corrected chi connectivity index (χ1v) is 5.84. The number of aromatic nitrogens is 3. The number of H-pyrrole nitrogens is 1. The highest BCUT2D eigenvalue weighted by Gasteiger charge is 2.09. The van der Waals surface area contributed by atoms with E-state index in [4.69, 9.17) is 9.47 Å². The Morgan fingerprint density at radius 2 is 1.76 bits per heavy atom. The Hall–Kier alpha value is -1.98. The van der Waals surface area contributed by atoms with E-state index in [0.717, 1.165) is 22.4 Å². The van der Waals surface area contributed by atoms with Crippen LogP contribution in [0.5, 0.6) is 11.5 Å². The van der Waals surface area contributed by atoms with Gasteiger partial charge in [-0.15, -0.1) is 24.8 Å². The van der Waals surface area contributed by atoms with Crippen LogP contribution in [-0.4, -0.2) is 29.2 Å². The molecule has 0 fully saturated rings. The number of fused-ring (bicyclic) bond motifs is 1. The third-order valence-electron chi connectivity index (χ3n) is 2.94. The minimum Gasteiger partial charge on any atom is -0.493 e. The van der Waals surface area contributed by atoms with E-state index in [9.17, 15) is 0 Å². The number of aromatic amines is 1. The van der Waals surface area contributed by atoms with Gasteiger partial charge in [0.25, 0.3) is 0 Å². The van der Waals surface area contributed by atoms with E-state index in [1.165, 1.54) is 0 Å². The second kappa shape index (κ2) is 7.15. The predicted molar refractivity (Wildman–Crippen MR) is 86.9 cm³/mol. The fourth-order valence-corrected chi connectivity index (χ4v) is 1.98. The highest BCUT2D eigenvalue weighted by Crippen LogP contribution is 2.31. The lowest BCUT2D eigenvalue weighted by Crippen LogP contribution is -1.91. The lowest BCUT2D eigenvalue weighted by atomic mass is 10.2. The maximum atomic E-state index is 5.29. The van der Waals surface area contributed by atoms with Crippen LogP contribution in [0.4, 0.5) is 0 Å². The molecule has 0 amide bonds. The van der Waals surface area contributed by atoms with Crippen molar-refractivity contribution >= 4 is 35.8 Å². The summed E-state index contributed by atoms with van der Waals surface area (Å²) in [6.45, 7) is 0. The molecule has 0 aliphatic rings. The molecule has 3 aromatic rings. The summed E-state index contributed by atoms with van der Waals surface area (Å²) in [7, 11) is 3.23. The molecule has 0 aliphatic carbocycles. The van der Waals surface area contributed by atoms with Crippen LogP contribution in [0, 0.1) is 0 Å². The molecule has 5 nitrogen and oxygen atoms in total. The van der Waals surface area contributed by atoms with E-state index in [2.05, 4.69) is 15.0 Å². The van der Waals surface area contributed by atoms with Gasteiger partial charge < -0.3 is 14.5 Å². The summed E-state index contributed by atoms with van der Waals surface area (Å²) in [6.07, 6.45) is 3.48. The molecule has 0 atom stereocenters. The highest BCUT2D eigenvalue weighted by atomic mass is 35.5. The molecule has 0 spiro atoms. The molecule has 7 heteroatoms. The molecule has 3 rings (SSSR count). The maximum absolute atomic E-state index is 5.29. The molecule has 1 aromatic carbocycles. The van der Waals surface area contributed by atoms with Crippen LogP contribution in [0.2, 0.25) is 0 Å². The Labute approximate surface area is 134 Å². The maximum Gasteiger partial charge on any atom is 0.161 e. The van der Waals surface area contributed by atoms with Crippen molar-refractivity contribution in [2.24, 2.45) is 0 Å². The Morgan fingerprint density at radius 3 is 2.43 bits per heavy atom. The van der Waals surface area contributed by atoms with Gasteiger partial charge in [0.05, 0.1) is 31.4 Å². The molecule has 0 aliphatic heterocycles. The molecule has 0 saturated heterocycles. The van der Waals surface area contributed by atoms with Crippen molar-refractivity contribution in [3.05, 3.63) is 36.7 Å². The van der Waals surface area contributed by atoms with Crippen molar-refractivity contribution in [3.63, 3.8) is 0 Å². The number of hydrogen-bond donors (Lipinski definition) is 1. The molecule has 1 N–H and O–H groups in total. The molecule has 112 valence electrons. The van der Waals surface area contributed by atoms with E-state index >= 15 is 0 Å². The number of nitrogens with zero attached hydrogens (tertiary/aromatic N) is 2. The number of pyridine rings is 1. The zero-order valence-corrected chi connectivity index (χ0v) is 13.1. The van der Waals surface area contributed by atoms with Crippen molar-refractivity contribution in [1.82, 2.24) is 15.0 Å². The van der Waals surface area contributed by atoms with Crippen molar-refractivity contribution in [2.75, 3.05) is 14.2 Å². The van der Waals surface area contributed by atoms with Gasteiger partial charge >= 0.3 is 0 Å². The number of methoxy groups -OCH3 is 2. The second-order valence-electron chi connectivity index (χ2n) is 4.05. The first-order valence-electron chi connectivity index (χ1n) is 5.84. The Kier molecular flexibility index (Phi) is 5.81. The van der Waals surface area contributed by atoms with Crippen LogP contribution in [0.3, 0.4) is 0 Å². The number of halogens is 2. The molecule has 0 unspecified atom stereocenters.